The number of thiazole rings is 1. The Morgan fingerprint density at radius 1 is 1.33 bits per heavy atom. The molecule has 0 spiro atoms. The minimum atomic E-state index is -0.202. The highest BCUT2D eigenvalue weighted by Gasteiger charge is 2.07. The van der Waals surface area contributed by atoms with E-state index in [9.17, 15) is 9.59 Å². The van der Waals surface area contributed by atoms with Crippen molar-refractivity contribution in [1.29, 1.82) is 0 Å². The van der Waals surface area contributed by atoms with Gasteiger partial charge in [-0.3, -0.25) is 14.0 Å². The summed E-state index contributed by atoms with van der Waals surface area (Å²) in [5.74, 6) is -0.168. The van der Waals surface area contributed by atoms with E-state index in [2.05, 4.69) is 15.6 Å². The molecule has 21 heavy (non-hydrogen) atoms. The zero-order valence-corrected chi connectivity index (χ0v) is 12.5. The Bertz CT molecular complexity index is 807. The van der Waals surface area contributed by atoms with Crippen LogP contribution in [-0.2, 0) is 11.3 Å². The number of anilines is 1. The van der Waals surface area contributed by atoms with Crippen molar-refractivity contribution in [2.45, 2.75) is 6.54 Å². The number of nitrogens with one attached hydrogen (secondary N) is 2. The number of carbonyl (C=O) groups excluding carboxylic acids is 1. The van der Waals surface area contributed by atoms with Gasteiger partial charge >= 0.3 is 0 Å². The van der Waals surface area contributed by atoms with Crippen molar-refractivity contribution in [3.63, 3.8) is 0 Å². The molecule has 6 nitrogen and oxygen atoms in total. The second kappa shape index (κ2) is 6.06. The van der Waals surface area contributed by atoms with Crippen LogP contribution in [0.2, 0.25) is 0 Å². The number of fused-ring (bicyclic) bond motifs is 1. The molecule has 1 amide bonds. The standard InChI is InChI=1S/C13H12N4O2S2/c18-11(15-6-9-2-1-4-20-9)8-14-10-7-16-13-17(12(10)19)3-5-21-13/h1-5,7,14H,6,8H2,(H,15,18). The van der Waals surface area contributed by atoms with E-state index >= 15 is 0 Å². The number of amides is 1. The molecule has 0 bridgehead atoms. The summed E-state index contributed by atoms with van der Waals surface area (Å²) in [4.78, 5) is 29.7. The van der Waals surface area contributed by atoms with Crippen LogP contribution in [0.5, 0.6) is 0 Å². The predicted molar refractivity (Wildman–Crippen MR) is 84.0 cm³/mol. The summed E-state index contributed by atoms with van der Waals surface area (Å²) in [6.45, 7) is 0.539. The third-order valence-corrected chi connectivity index (χ3v) is 4.47. The Hall–Kier alpha value is -2.19. The molecule has 0 aromatic carbocycles. The van der Waals surface area contributed by atoms with E-state index in [0.717, 1.165) is 4.88 Å². The van der Waals surface area contributed by atoms with E-state index in [0.29, 0.717) is 17.2 Å². The number of aromatic nitrogens is 2. The predicted octanol–water partition coefficient (Wildman–Crippen LogP) is 1.55. The summed E-state index contributed by atoms with van der Waals surface area (Å²) in [6.07, 6.45) is 3.12. The van der Waals surface area contributed by atoms with E-state index < -0.39 is 0 Å². The lowest BCUT2D eigenvalue weighted by atomic mass is 10.4. The molecule has 3 aromatic heterocycles. The van der Waals surface area contributed by atoms with Gasteiger partial charge < -0.3 is 10.6 Å². The fourth-order valence-corrected chi connectivity index (χ4v) is 3.10. The quantitative estimate of drug-likeness (QED) is 0.748. The maximum Gasteiger partial charge on any atom is 0.281 e. The Labute approximate surface area is 128 Å². The molecule has 3 heterocycles. The van der Waals surface area contributed by atoms with E-state index in [-0.39, 0.29) is 18.0 Å². The molecule has 108 valence electrons. The summed E-state index contributed by atoms with van der Waals surface area (Å²) < 4.78 is 1.45. The van der Waals surface area contributed by atoms with Crippen LogP contribution in [0.3, 0.4) is 0 Å². The second-order valence-electron chi connectivity index (χ2n) is 4.24. The lowest BCUT2D eigenvalue weighted by molar-refractivity contribution is -0.119. The molecule has 0 aliphatic rings. The smallest absolute Gasteiger partial charge is 0.281 e. The topological polar surface area (TPSA) is 75.5 Å². The molecule has 0 saturated heterocycles. The molecule has 3 rings (SSSR count). The number of hydrogen-bond donors (Lipinski definition) is 2. The van der Waals surface area contributed by atoms with Crippen LogP contribution < -0.4 is 16.2 Å². The van der Waals surface area contributed by atoms with E-state index in [1.165, 1.54) is 21.9 Å². The number of nitrogens with zero attached hydrogens (tertiary/aromatic N) is 2. The van der Waals surface area contributed by atoms with Crippen LogP contribution in [0.25, 0.3) is 4.96 Å². The minimum Gasteiger partial charge on any atom is -0.370 e. The van der Waals surface area contributed by atoms with Gasteiger partial charge in [0.25, 0.3) is 5.56 Å². The van der Waals surface area contributed by atoms with Gasteiger partial charge in [-0.25, -0.2) is 4.98 Å². The Balaban J connectivity index is 1.59. The normalized spacial score (nSPS) is 10.7. The Morgan fingerprint density at radius 3 is 3.05 bits per heavy atom. The lowest BCUT2D eigenvalue weighted by Crippen LogP contribution is -2.31. The molecular formula is C13H12N4O2S2. The average Bonchev–Trinajstić information content (AvgIpc) is 3.15. The molecule has 0 saturated carbocycles. The van der Waals surface area contributed by atoms with E-state index in [1.54, 1.807) is 22.9 Å². The van der Waals surface area contributed by atoms with Crippen molar-refractivity contribution in [2.24, 2.45) is 0 Å². The van der Waals surface area contributed by atoms with Crippen molar-refractivity contribution >= 4 is 39.2 Å². The van der Waals surface area contributed by atoms with Crippen LogP contribution in [0.15, 0.2) is 40.1 Å². The van der Waals surface area contributed by atoms with E-state index in [1.807, 2.05) is 17.5 Å². The van der Waals surface area contributed by atoms with Crippen LogP contribution in [-0.4, -0.2) is 21.8 Å². The SMILES string of the molecule is O=C(CNc1cnc2sccn2c1=O)NCc1cccs1. The van der Waals surface area contributed by atoms with Gasteiger partial charge in [-0.1, -0.05) is 6.07 Å². The maximum atomic E-state index is 12.1. The lowest BCUT2D eigenvalue weighted by Gasteiger charge is -2.06. The number of hydrogen-bond acceptors (Lipinski definition) is 6. The molecule has 8 heteroatoms. The zero-order chi connectivity index (χ0) is 14.7. The van der Waals surface area contributed by atoms with Gasteiger partial charge in [0.05, 0.1) is 19.3 Å². The monoisotopic (exact) mass is 320 g/mol. The fourth-order valence-electron chi connectivity index (χ4n) is 1.78. The molecule has 0 aliphatic heterocycles. The van der Waals surface area contributed by atoms with Crippen molar-refractivity contribution < 1.29 is 4.79 Å². The fraction of sp³-hybridized carbons (Fsp3) is 0.154. The molecule has 0 aliphatic carbocycles. The Morgan fingerprint density at radius 2 is 2.24 bits per heavy atom. The molecule has 0 unspecified atom stereocenters. The van der Waals surface area contributed by atoms with Gasteiger partial charge in [-0.05, 0) is 11.4 Å². The van der Waals surface area contributed by atoms with Crippen molar-refractivity contribution in [3.8, 4) is 0 Å². The molecular weight excluding hydrogens is 308 g/mol. The van der Waals surface area contributed by atoms with Gasteiger partial charge in [-0.2, -0.15) is 0 Å². The van der Waals surface area contributed by atoms with Crippen LogP contribution >= 0.6 is 22.7 Å². The summed E-state index contributed by atoms with van der Waals surface area (Å²) in [5, 5.41) is 9.37. The first-order chi connectivity index (χ1) is 10.2. The van der Waals surface area contributed by atoms with E-state index in [4.69, 9.17) is 0 Å². The number of rotatable bonds is 5. The summed E-state index contributed by atoms with van der Waals surface area (Å²) >= 11 is 2.97. The highest BCUT2D eigenvalue weighted by Crippen LogP contribution is 2.08. The first-order valence-electron chi connectivity index (χ1n) is 6.22. The molecule has 2 N–H and O–H groups in total. The van der Waals surface area contributed by atoms with Crippen LogP contribution in [0, 0.1) is 0 Å². The minimum absolute atomic E-state index is 0.0402. The molecule has 0 radical (unpaired) electrons. The first kappa shape index (κ1) is 13.8. The van der Waals surface area contributed by atoms with Crippen molar-refractivity contribution in [3.05, 3.63) is 50.5 Å². The van der Waals surface area contributed by atoms with Crippen molar-refractivity contribution in [2.75, 3.05) is 11.9 Å². The molecule has 0 fully saturated rings. The second-order valence-corrected chi connectivity index (χ2v) is 6.15. The number of carbonyl (C=O) groups is 1. The largest absolute Gasteiger partial charge is 0.370 e. The van der Waals surface area contributed by atoms with Crippen LogP contribution in [0.4, 0.5) is 5.69 Å². The number of thiophene rings is 1. The third-order valence-electron chi connectivity index (χ3n) is 2.82. The van der Waals surface area contributed by atoms with Gasteiger partial charge in [-0.15, -0.1) is 22.7 Å². The highest BCUT2D eigenvalue weighted by atomic mass is 32.1. The Kier molecular flexibility index (Phi) is 3.98. The van der Waals surface area contributed by atoms with Gasteiger partial charge in [0.2, 0.25) is 5.91 Å². The summed E-state index contributed by atoms with van der Waals surface area (Å²) in [5.41, 5.74) is 0.115. The molecule has 3 aromatic rings. The zero-order valence-electron chi connectivity index (χ0n) is 10.9. The van der Waals surface area contributed by atoms with Gasteiger partial charge in [0.15, 0.2) is 4.96 Å². The summed E-state index contributed by atoms with van der Waals surface area (Å²) in [7, 11) is 0. The summed E-state index contributed by atoms with van der Waals surface area (Å²) in [6, 6.07) is 3.90. The van der Waals surface area contributed by atoms with Gasteiger partial charge in [0, 0.05) is 16.5 Å². The molecule has 0 atom stereocenters. The van der Waals surface area contributed by atoms with Gasteiger partial charge in [0.1, 0.15) is 5.69 Å². The third kappa shape index (κ3) is 3.11. The average molecular weight is 320 g/mol. The maximum absolute atomic E-state index is 12.1. The highest BCUT2D eigenvalue weighted by molar-refractivity contribution is 7.15. The van der Waals surface area contributed by atoms with Crippen molar-refractivity contribution in [1.82, 2.24) is 14.7 Å². The van der Waals surface area contributed by atoms with Crippen LogP contribution in [0.1, 0.15) is 4.88 Å². The first-order valence-corrected chi connectivity index (χ1v) is 7.98.